The average Bonchev–Trinajstić information content (AvgIpc) is 3.08. The normalized spacial score (nSPS) is 35.3. The van der Waals surface area contributed by atoms with Crippen molar-refractivity contribution in [2.45, 2.75) is 81.0 Å². The van der Waals surface area contributed by atoms with Crippen LogP contribution >= 0.6 is 11.8 Å². The van der Waals surface area contributed by atoms with Gasteiger partial charge in [0, 0.05) is 11.3 Å². The fourth-order valence-corrected chi connectivity index (χ4v) is 5.47. The molecule has 0 radical (unpaired) electrons. The molecular formula is C16H28N2OS. The van der Waals surface area contributed by atoms with Crippen LogP contribution in [0.4, 0.5) is 0 Å². The fraction of sp³-hybridized carbons (Fsp3) is 0.938. The summed E-state index contributed by atoms with van der Waals surface area (Å²) in [7, 11) is 0. The lowest BCUT2D eigenvalue weighted by Crippen LogP contribution is -2.59. The van der Waals surface area contributed by atoms with Crippen molar-refractivity contribution in [3.05, 3.63) is 0 Å². The molecule has 0 bridgehead atoms. The van der Waals surface area contributed by atoms with Crippen LogP contribution in [-0.2, 0) is 4.79 Å². The minimum absolute atomic E-state index is 0.115. The monoisotopic (exact) mass is 296 g/mol. The van der Waals surface area contributed by atoms with E-state index in [2.05, 4.69) is 17.1 Å². The molecule has 3 saturated carbocycles. The minimum atomic E-state index is -0.396. The Morgan fingerprint density at radius 3 is 2.55 bits per heavy atom. The van der Waals surface area contributed by atoms with E-state index in [4.69, 9.17) is 5.73 Å². The first-order valence-electron chi connectivity index (χ1n) is 8.37. The van der Waals surface area contributed by atoms with Gasteiger partial charge in [-0.25, -0.2) is 0 Å². The Labute approximate surface area is 126 Å². The predicted molar refractivity (Wildman–Crippen MR) is 84.8 cm³/mol. The van der Waals surface area contributed by atoms with E-state index >= 15 is 0 Å². The van der Waals surface area contributed by atoms with Crippen LogP contribution in [0.1, 0.15) is 64.2 Å². The van der Waals surface area contributed by atoms with Crippen LogP contribution in [0.5, 0.6) is 0 Å². The highest BCUT2D eigenvalue weighted by molar-refractivity contribution is 7.99. The van der Waals surface area contributed by atoms with Crippen molar-refractivity contribution in [3.63, 3.8) is 0 Å². The molecule has 20 heavy (non-hydrogen) atoms. The van der Waals surface area contributed by atoms with E-state index in [1.54, 1.807) is 0 Å². The largest absolute Gasteiger partial charge is 0.368 e. The van der Waals surface area contributed by atoms with Crippen molar-refractivity contribution >= 4 is 17.7 Å². The van der Waals surface area contributed by atoms with E-state index in [0.717, 1.165) is 25.2 Å². The van der Waals surface area contributed by atoms with E-state index in [1.165, 1.54) is 50.7 Å². The van der Waals surface area contributed by atoms with Gasteiger partial charge in [0.15, 0.2) is 0 Å². The highest BCUT2D eigenvalue weighted by atomic mass is 32.2. The first-order valence-corrected chi connectivity index (χ1v) is 9.42. The van der Waals surface area contributed by atoms with Crippen LogP contribution in [0.25, 0.3) is 0 Å². The standard InChI is InChI=1S/C16H28N2OS/c17-15(19)16(18-13-7-8-13)9-3-6-14(10-16)20-11-12-4-1-2-5-12/h12-14,18H,1-11H2,(H2,17,19). The van der Waals surface area contributed by atoms with E-state index in [1.807, 2.05) is 0 Å². The van der Waals surface area contributed by atoms with Gasteiger partial charge in [-0.15, -0.1) is 0 Å². The van der Waals surface area contributed by atoms with Gasteiger partial charge in [0.2, 0.25) is 5.91 Å². The summed E-state index contributed by atoms with van der Waals surface area (Å²) in [4.78, 5) is 12.0. The third-order valence-electron chi connectivity index (χ3n) is 5.28. The number of nitrogens with two attached hydrogens (primary N) is 1. The molecule has 3 nitrogen and oxygen atoms in total. The third kappa shape index (κ3) is 3.51. The molecule has 0 aliphatic heterocycles. The van der Waals surface area contributed by atoms with Gasteiger partial charge in [-0.1, -0.05) is 12.8 Å². The number of rotatable bonds is 6. The first kappa shape index (κ1) is 14.7. The summed E-state index contributed by atoms with van der Waals surface area (Å²) < 4.78 is 0. The Balaban J connectivity index is 1.54. The van der Waals surface area contributed by atoms with E-state index in [9.17, 15) is 4.79 Å². The maximum Gasteiger partial charge on any atom is 0.237 e. The Kier molecular flexibility index (Phi) is 4.61. The molecule has 3 rings (SSSR count). The van der Waals surface area contributed by atoms with Crippen LogP contribution in [0, 0.1) is 5.92 Å². The minimum Gasteiger partial charge on any atom is -0.368 e. The zero-order valence-corrected chi connectivity index (χ0v) is 13.2. The summed E-state index contributed by atoms with van der Waals surface area (Å²) in [5, 5.41) is 4.20. The van der Waals surface area contributed by atoms with Gasteiger partial charge in [-0.2, -0.15) is 11.8 Å². The molecular weight excluding hydrogens is 268 g/mol. The number of primary amides is 1. The number of amides is 1. The average molecular weight is 296 g/mol. The van der Waals surface area contributed by atoms with Gasteiger partial charge in [-0.05, 0) is 63.0 Å². The van der Waals surface area contributed by atoms with Crippen molar-refractivity contribution in [1.82, 2.24) is 5.32 Å². The zero-order chi connectivity index (χ0) is 14.0. The van der Waals surface area contributed by atoms with Crippen molar-refractivity contribution < 1.29 is 4.79 Å². The summed E-state index contributed by atoms with van der Waals surface area (Å²) >= 11 is 2.11. The summed E-state index contributed by atoms with van der Waals surface area (Å²) in [6, 6.07) is 0.557. The Bertz CT molecular complexity index is 352. The summed E-state index contributed by atoms with van der Waals surface area (Å²) in [5.41, 5.74) is 5.35. The van der Waals surface area contributed by atoms with Gasteiger partial charge < -0.3 is 11.1 Å². The molecule has 0 heterocycles. The van der Waals surface area contributed by atoms with Gasteiger partial charge in [0.25, 0.3) is 0 Å². The Hall–Kier alpha value is -0.220. The van der Waals surface area contributed by atoms with Gasteiger partial charge >= 0.3 is 0 Å². The van der Waals surface area contributed by atoms with Crippen molar-refractivity contribution in [1.29, 1.82) is 0 Å². The topological polar surface area (TPSA) is 55.1 Å². The smallest absolute Gasteiger partial charge is 0.237 e. The molecule has 1 amide bonds. The van der Waals surface area contributed by atoms with Gasteiger partial charge in [-0.3, -0.25) is 4.79 Å². The van der Waals surface area contributed by atoms with E-state index < -0.39 is 5.54 Å². The molecule has 0 aromatic heterocycles. The summed E-state index contributed by atoms with van der Waals surface area (Å²) in [5.74, 6) is 2.11. The molecule has 4 heteroatoms. The van der Waals surface area contributed by atoms with Crippen molar-refractivity contribution in [3.8, 4) is 0 Å². The third-order valence-corrected chi connectivity index (χ3v) is 6.82. The maximum absolute atomic E-state index is 12.0. The molecule has 0 spiro atoms. The van der Waals surface area contributed by atoms with Crippen LogP contribution in [-0.4, -0.2) is 28.5 Å². The maximum atomic E-state index is 12.0. The lowest BCUT2D eigenvalue weighted by molar-refractivity contribution is -0.125. The number of nitrogens with one attached hydrogen (secondary N) is 1. The fourth-order valence-electron chi connectivity index (χ4n) is 3.86. The highest BCUT2D eigenvalue weighted by Gasteiger charge is 2.44. The molecule has 3 aliphatic carbocycles. The molecule has 0 aromatic carbocycles. The quantitative estimate of drug-likeness (QED) is 0.792. The SMILES string of the molecule is NC(=O)C1(NC2CC2)CCCC(SCC2CCCC2)C1. The summed E-state index contributed by atoms with van der Waals surface area (Å²) in [6.45, 7) is 0. The van der Waals surface area contributed by atoms with Crippen molar-refractivity contribution in [2.24, 2.45) is 11.7 Å². The van der Waals surface area contributed by atoms with Crippen LogP contribution < -0.4 is 11.1 Å². The number of carbonyl (C=O) groups is 1. The number of hydrogen-bond donors (Lipinski definition) is 2. The second kappa shape index (κ2) is 6.27. The second-order valence-electron chi connectivity index (χ2n) is 7.07. The van der Waals surface area contributed by atoms with Crippen LogP contribution in [0.15, 0.2) is 0 Å². The molecule has 0 saturated heterocycles. The number of hydrogen-bond acceptors (Lipinski definition) is 3. The predicted octanol–water partition coefficient (Wildman–Crippen LogP) is 2.83. The van der Waals surface area contributed by atoms with Crippen molar-refractivity contribution in [2.75, 3.05) is 5.75 Å². The molecule has 3 fully saturated rings. The Morgan fingerprint density at radius 1 is 1.15 bits per heavy atom. The lowest BCUT2D eigenvalue weighted by atomic mass is 9.80. The molecule has 114 valence electrons. The lowest BCUT2D eigenvalue weighted by Gasteiger charge is -2.39. The number of thioether (sulfide) groups is 1. The van der Waals surface area contributed by atoms with Gasteiger partial charge in [0.1, 0.15) is 0 Å². The summed E-state index contributed by atoms with van der Waals surface area (Å²) in [6.07, 6.45) is 12.4. The zero-order valence-electron chi connectivity index (χ0n) is 12.4. The second-order valence-corrected chi connectivity index (χ2v) is 8.40. The molecule has 2 atom stereocenters. The molecule has 2 unspecified atom stereocenters. The number of carbonyl (C=O) groups excluding carboxylic acids is 1. The van der Waals surface area contributed by atoms with E-state index in [0.29, 0.717) is 11.3 Å². The molecule has 3 N–H and O–H groups in total. The molecule has 3 aliphatic rings. The first-order chi connectivity index (χ1) is 9.68. The highest BCUT2D eigenvalue weighted by Crippen LogP contribution is 2.39. The Morgan fingerprint density at radius 2 is 1.90 bits per heavy atom. The van der Waals surface area contributed by atoms with Crippen LogP contribution in [0.3, 0.4) is 0 Å². The van der Waals surface area contributed by atoms with Crippen LogP contribution in [0.2, 0.25) is 0 Å². The van der Waals surface area contributed by atoms with E-state index in [-0.39, 0.29) is 5.91 Å². The van der Waals surface area contributed by atoms with Gasteiger partial charge in [0.05, 0.1) is 5.54 Å². The molecule has 0 aromatic rings.